The molecular formula is C12H15ClN4S. The van der Waals surface area contributed by atoms with Crippen molar-refractivity contribution in [1.82, 2.24) is 15.0 Å². The van der Waals surface area contributed by atoms with Crippen LogP contribution in [0.1, 0.15) is 35.3 Å². The van der Waals surface area contributed by atoms with Gasteiger partial charge in [-0.1, -0.05) is 18.5 Å². The molecule has 0 saturated carbocycles. The topological polar surface area (TPSA) is 50.7 Å². The summed E-state index contributed by atoms with van der Waals surface area (Å²) in [5.41, 5.74) is 0.944. The van der Waals surface area contributed by atoms with E-state index >= 15 is 0 Å². The van der Waals surface area contributed by atoms with Crippen LogP contribution in [-0.2, 0) is 6.42 Å². The molecule has 2 aromatic rings. The Morgan fingerprint density at radius 1 is 1.39 bits per heavy atom. The van der Waals surface area contributed by atoms with Crippen LogP contribution in [0.5, 0.6) is 0 Å². The average molecular weight is 283 g/mol. The fourth-order valence-electron chi connectivity index (χ4n) is 1.67. The summed E-state index contributed by atoms with van der Waals surface area (Å²) < 4.78 is 0. The monoisotopic (exact) mass is 282 g/mol. The molecule has 4 nitrogen and oxygen atoms in total. The van der Waals surface area contributed by atoms with E-state index in [1.165, 1.54) is 11.2 Å². The van der Waals surface area contributed by atoms with Gasteiger partial charge < -0.3 is 5.32 Å². The second kappa shape index (κ2) is 5.63. The third-order valence-corrected chi connectivity index (χ3v) is 4.03. The minimum atomic E-state index is 0.111. The van der Waals surface area contributed by atoms with Crippen molar-refractivity contribution in [2.45, 2.75) is 33.2 Å². The number of hydrogen-bond acceptors (Lipinski definition) is 5. The lowest BCUT2D eigenvalue weighted by Crippen LogP contribution is -2.10. The summed E-state index contributed by atoms with van der Waals surface area (Å²) in [4.78, 5) is 13.8. The summed E-state index contributed by atoms with van der Waals surface area (Å²) in [6, 6.07) is 0.111. The zero-order valence-corrected chi connectivity index (χ0v) is 12.1. The first-order chi connectivity index (χ1) is 8.61. The molecule has 0 aliphatic rings. The third kappa shape index (κ3) is 2.79. The Morgan fingerprint density at radius 3 is 2.78 bits per heavy atom. The average Bonchev–Trinajstić information content (AvgIpc) is 2.76. The maximum absolute atomic E-state index is 6.06. The van der Waals surface area contributed by atoms with Crippen LogP contribution in [0.4, 0.5) is 5.82 Å². The van der Waals surface area contributed by atoms with Gasteiger partial charge in [0.25, 0.3) is 0 Å². The van der Waals surface area contributed by atoms with Crippen molar-refractivity contribution >= 4 is 28.8 Å². The summed E-state index contributed by atoms with van der Waals surface area (Å²) in [7, 11) is 0. The maximum Gasteiger partial charge on any atom is 0.137 e. The number of aromatic nitrogens is 3. The number of anilines is 1. The number of rotatable bonds is 4. The van der Waals surface area contributed by atoms with Crippen LogP contribution in [0, 0.1) is 6.92 Å². The van der Waals surface area contributed by atoms with Crippen molar-refractivity contribution in [2.24, 2.45) is 0 Å². The first-order valence-electron chi connectivity index (χ1n) is 5.80. The lowest BCUT2D eigenvalue weighted by atomic mass is 10.2. The van der Waals surface area contributed by atoms with Gasteiger partial charge >= 0.3 is 0 Å². The molecule has 1 atom stereocenters. The third-order valence-electron chi connectivity index (χ3n) is 2.61. The molecule has 0 spiro atoms. The number of nitrogens with zero attached hydrogens (tertiary/aromatic N) is 3. The highest BCUT2D eigenvalue weighted by atomic mass is 35.5. The molecule has 18 heavy (non-hydrogen) atoms. The first-order valence-corrected chi connectivity index (χ1v) is 6.99. The summed E-state index contributed by atoms with van der Waals surface area (Å²) in [5.74, 6) is 0.790. The molecule has 0 radical (unpaired) electrons. The molecule has 0 aliphatic carbocycles. The van der Waals surface area contributed by atoms with Crippen molar-refractivity contribution in [3.8, 4) is 0 Å². The highest BCUT2D eigenvalue weighted by molar-refractivity contribution is 7.11. The molecule has 0 aliphatic heterocycles. The van der Waals surface area contributed by atoms with Crippen molar-refractivity contribution in [3.05, 3.63) is 33.1 Å². The van der Waals surface area contributed by atoms with Crippen molar-refractivity contribution in [3.63, 3.8) is 0 Å². The minimum Gasteiger partial charge on any atom is -0.361 e. The standard InChI is InChI=1S/C12H15ClN4S/c1-4-9-10(13)15-6-16-11(9)17-8(3)12-14-5-7(2)18-12/h5-6,8H,4H2,1-3H3,(H,15,16,17). The SMILES string of the molecule is CCc1c(Cl)ncnc1NC(C)c1ncc(C)s1. The van der Waals surface area contributed by atoms with Gasteiger partial charge in [-0.3, -0.25) is 0 Å². The van der Waals surface area contributed by atoms with Gasteiger partial charge in [-0.2, -0.15) is 0 Å². The molecule has 0 saturated heterocycles. The quantitative estimate of drug-likeness (QED) is 0.870. The Kier molecular flexibility index (Phi) is 4.14. The molecule has 1 N–H and O–H groups in total. The van der Waals surface area contributed by atoms with Crippen LogP contribution in [0.15, 0.2) is 12.5 Å². The fourth-order valence-corrected chi connectivity index (χ4v) is 2.71. The van der Waals surface area contributed by atoms with Crippen LogP contribution in [-0.4, -0.2) is 15.0 Å². The van der Waals surface area contributed by atoms with Crippen LogP contribution in [0.25, 0.3) is 0 Å². The molecule has 0 bridgehead atoms. The number of hydrogen-bond donors (Lipinski definition) is 1. The van der Waals surface area contributed by atoms with Gasteiger partial charge in [0.15, 0.2) is 0 Å². The lowest BCUT2D eigenvalue weighted by Gasteiger charge is -2.14. The van der Waals surface area contributed by atoms with Crippen molar-refractivity contribution < 1.29 is 0 Å². The fraction of sp³-hybridized carbons (Fsp3) is 0.417. The first kappa shape index (κ1) is 13.2. The van der Waals surface area contributed by atoms with E-state index in [1.54, 1.807) is 11.3 Å². The minimum absolute atomic E-state index is 0.111. The maximum atomic E-state index is 6.06. The smallest absolute Gasteiger partial charge is 0.137 e. The Hall–Kier alpha value is -1.20. The largest absolute Gasteiger partial charge is 0.361 e. The van der Waals surface area contributed by atoms with E-state index in [9.17, 15) is 0 Å². The Morgan fingerprint density at radius 2 is 2.17 bits per heavy atom. The van der Waals surface area contributed by atoms with E-state index < -0.39 is 0 Å². The Labute approximate surface area is 115 Å². The van der Waals surface area contributed by atoms with Crippen LogP contribution >= 0.6 is 22.9 Å². The molecule has 6 heteroatoms. The number of aryl methyl sites for hydroxylation is 1. The van der Waals surface area contributed by atoms with Crippen molar-refractivity contribution in [1.29, 1.82) is 0 Å². The summed E-state index contributed by atoms with van der Waals surface area (Å²) >= 11 is 7.74. The van der Waals surface area contributed by atoms with Gasteiger partial charge in [0.05, 0.1) is 6.04 Å². The van der Waals surface area contributed by atoms with E-state index in [2.05, 4.69) is 27.2 Å². The molecule has 2 heterocycles. The lowest BCUT2D eigenvalue weighted by molar-refractivity contribution is 0.850. The number of nitrogens with one attached hydrogen (secondary N) is 1. The van der Waals surface area contributed by atoms with Crippen LogP contribution in [0.3, 0.4) is 0 Å². The zero-order chi connectivity index (χ0) is 13.1. The number of thiazole rings is 1. The van der Waals surface area contributed by atoms with E-state index in [-0.39, 0.29) is 6.04 Å². The van der Waals surface area contributed by atoms with Crippen LogP contribution < -0.4 is 5.32 Å². The normalized spacial score (nSPS) is 12.4. The molecule has 1 unspecified atom stereocenters. The molecule has 0 fully saturated rings. The van der Waals surface area contributed by atoms with Gasteiger partial charge in [0.1, 0.15) is 22.3 Å². The Balaban J connectivity index is 2.21. The highest BCUT2D eigenvalue weighted by Gasteiger charge is 2.13. The van der Waals surface area contributed by atoms with Gasteiger partial charge in [-0.05, 0) is 20.3 Å². The molecule has 96 valence electrons. The highest BCUT2D eigenvalue weighted by Crippen LogP contribution is 2.26. The second-order valence-electron chi connectivity index (χ2n) is 4.02. The van der Waals surface area contributed by atoms with E-state index in [4.69, 9.17) is 11.6 Å². The van der Waals surface area contributed by atoms with E-state index in [1.807, 2.05) is 20.0 Å². The summed E-state index contributed by atoms with van der Waals surface area (Å²) in [6.07, 6.45) is 4.15. The molecule has 2 aromatic heterocycles. The predicted molar refractivity (Wildman–Crippen MR) is 75.3 cm³/mol. The van der Waals surface area contributed by atoms with Crippen LogP contribution in [0.2, 0.25) is 5.15 Å². The number of halogens is 1. The molecule has 2 rings (SSSR count). The summed E-state index contributed by atoms with van der Waals surface area (Å²) in [5, 5.41) is 4.90. The van der Waals surface area contributed by atoms with E-state index in [0.29, 0.717) is 5.15 Å². The van der Waals surface area contributed by atoms with Gasteiger partial charge in [-0.25, -0.2) is 15.0 Å². The van der Waals surface area contributed by atoms with E-state index in [0.717, 1.165) is 22.8 Å². The molecular weight excluding hydrogens is 268 g/mol. The van der Waals surface area contributed by atoms with Gasteiger partial charge in [0, 0.05) is 16.6 Å². The second-order valence-corrected chi connectivity index (χ2v) is 5.64. The molecule has 0 amide bonds. The molecule has 0 aromatic carbocycles. The Bertz CT molecular complexity index is 541. The van der Waals surface area contributed by atoms with Gasteiger partial charge in [-0.15, -0.1) is 11.3 Å². The van der Waals surface area contributed by atoms with Crippen molar-refractivity contribution in [2.75, 3.05) is 5.32 Å². The predicted octanol–water partition coefficient (Wildman–Crippen LogP) is 3.63. The zero-order valence-electron chi connectivity index (χ0n) is 10.6. The summed E-state index contributed by atoms with van der Waals surface area (Å²) in [6.45, 7) is 6.15. The van der Waals surface area contributed by atoms with Gasteiger partial charge in [0.2, 0.25) is 0 Å².